The van der Waals surface area contributed by atoms with Gasteiger partial charge in [0.1, 0.15) is 12.7 Å². The second kappa shape index (κ2) is 7.15. The molecule has 0 aliphatic heterocycles. The van der Waals surface area contributed by atoms with Crippen molar-refractivity contribution in [1.29, 1.82) is 0 Å². The largest absolute Gasteiger partial charge is 0.487 e. The second-order valence-electron chi connectivity index (χ2n) is 6.66. The first-order valence-electron chi connectivity index (χ1n) is 7.92. The summed E-state index contributed by atoms with van der Waals surface area (Å²) in [6.07, 6.45) is -0.232. The van der Waals surface area contributed by atoms with Crippen LogP contribution in [0.1, 0.15) is 44.7 Å². The van der Waals surface area contributed by atoms with Crippen LogP contribution < -0.4 is 10.1 Å². The topological polar surface area (TPSA) is 71.7 Å². The van der Waals surface area contributed by atoms with Crippen molar-refractivity contribution in [2.45, 2.75) is 45.8 Å². The molecule has 23 heavy (non-hydrogen) atoms. The Labute approximate surface area is 136 Å². The van der Waals surface area contributed by atoms with Crippen LogP contribution in [0.15, 0.2) is 28.7 Å². The Morgan fingerprint density at radius 3 is 2.78 bits per heavy atom. The van der Waals surface area contributed by atoms with Crippen molar-refractivity contribution >= 4 is 16.8 Å². The highest BCUT2D eigenvalue weighted by molar-refractivity contribution is 5.98. The lowest BCUT2D eigenvalue weighted by Crippen LogP contribution is -2.42. The highest BCUT2D eigenvalue weighted by Gasteiger charge is 2.16. The van der Waals surface area contributed by atoms with E-state index in [1.54, 1.807) is 19.1 Å². The number of ether oxygens (including phenoxy) is 1. The molecule has 1 atom stereocenters. The molecule has 0 radical (unpaired) electrons. The third-order valence-corrected chi connectivity index (χ3v) is 3.40. The fourth-order valence-electron chi connectivity index (χ4n) is 2.13. The Balaban J connectivity index is 2.05. The second-order valence-corrected chi connectivity index (χ2v) is 6.66. The maximum Gasteiger partial charge on any atom is 0.197 e. The Morgan fingerprint density at radius 1 is 1.39 bits per heavy atom. The van der Waals surface area contributed by atoms with Crippen LogP contribution in [0.2, 0.25) is 0 Å². The summed E-state index contributed by atoms with van der Waals surface area (Å²) in [5, 5.41) is 14.0. The summed E-state index contributed by atoms with van der Waals surface area (Å²) < 4.78 is 11.3. The average molecular weight is 319 g/mol. The first-order valence-corrected chi connectivity index (χ1v) is 7.92. The quantitative estimate of drug-likeness (QED) is 0.767. The van der Waals surface area contributed by atoms with E-state index in [1.165, 1.54) is 0 Å². The number of rotatable bonds is 7. The van der Waals surface area contributed by atoms with Gasteiger partial charge in [0.15, 0.2) is 22.9 Å². The van der Waals surface area contributed by atoms with E-state index in [0.29, 0.717) is 30.1 Å². The van der Waals surface area contributed by atoms with Gasteiger partial charge in [-0.3, -0.25) is 4.79 Å². The zero-order valence-corrected chi connectivity index (χ0v) is 14.2. The lowest BCUT2D eigenvalue weighted by molar-refractivity contribution is 0.0958. The van der Waals surface area contributed by atoms with Crippen molar-refractivity contribution in [2.24, 2.45) is 0 Å². The van der Waals surface area contributed by atoms with Gasteiger partial charge in [-0.15, -0.1) is 0 Å². The van der Waals surface area contributed by atoms with Gasteiger partial charge in [-0.2, -0.15) is 0 Å². The SMILES string of the molecule is CCC(=O)c1cc2cccc(OCC(O)CNC(C)(C)C)c2o1. The number of hydrogen-bond donors (Lipinski definition) is 2. The van der Waals surface area contributed by atoms with Crippen LogP contribution in [-0.2, 0) is 0 Å². The molecule has 5 heteroatoms. The van der Waals surface area contributed by atoms with E-state index in [9.17, 15) is 9.90 Å². The number of nitrogens with one attached hydrogen (secondary N) is 1. The van der Waals surface area contributed by atoms with Gasteiger partial charge in [-0.05, 0) is 32.9 Å². The maximum atomic E-state index is 11.8. The molecule has 1 aromatic heterocycles. The Kier molecular flexibility index (Phi) is 5.44. The first-order chi connectivity index (χ1) is 10.8. The molecule has 0 aliphatic carbocycles. The molecule has 1 unspecified atom stereocenters. The molecule has 126 valence electrons. The molecule has 0 aliphatic rings. The number of fused-ring (bicyclic) bond motifs is 1. The number of furan rings is 1. The molecule has 0 saturated heterocycles. The third kappa shape index (κ3) is 4.81. The number of Topliss-reactive ketones (excluding diaryl/α,β-unsaturated/α-hetero) is 1. The number of para-hydroxylation sites is 1. The fourth-order valence-corrected chi connectivity index (χ4v) is 2.13. The first kappa shape index (κ1) is 17.5. The van der Waals surface area contributed by atoms with E-state index < -0.39 is 6.10 Å². The van der Waals surface area contributed by atoms with Crippen molar-refractivity contribution in [2.75, 3.05) is 13.2 Å². The highest BCUT2D eigenvalue weighted by atomic mass is 16.5. The summed E-state index contributed by atoms with van der Waals surface area (Å²) in [6.45, 7) is 8.51. The van der Waals surface area contributed by atoms with Crippen molar-refractivity contribution < 1.29 is 19.1 Å². The van der Waals surface area contributed by atoms with Gasteiger partial charge in [-0.25, -0.2) is 0 Å². The van der Waals surface area contributed by atoms with Gasteiger partial charge >= 0.3 is 0 Å². The molecule has 2 rings (SSSR count). The summed E-state index contributed by atoms with van der Waals surface area (Å²) in [5.74, 6) is 0.836. The van der Waals surface area contributed by atoms with E-state index in [-0.39, 0.29) is 17.9 Å². The van der Waals surface area contributed by atoms with Gasteiger partial charge in [0.2, 0.25) is 0 Å². The lowest BCUT2D eigenvalue weighted by Gasteiger charge is -2.22. The summed E-state index contributed by atoms with van der Waals surface area (Å²) in [5.41, 5.74) is 0.484. The minimum Gasteiger partial charge on any atom is -0.487 e. The van der Waals surface area contributed by atoms with Crippen molar-refractivity contribution in [3.8, 4) is 5.75 Å². The van der Waals surface area contributed by atoms with E-state index in [4.69, 9.17) is 9.15 Å². The minimum absolute atomic E-state index is 0.0402. The van der Waals surface area contributed by atoms with Gasteiger partial charge in [0.05, 0.1) is 0 Å². The van der Waals surface area contributed by atoms with Gasteiger partial charge < -0.3 is 19.6 Å². The van der Waals surface area contributed by atoms with Crippen LogP contribution in [0, 0.1) is 0 Å². The molecule has 2 N–H and O–H groups in total. The molecule has 5 nitrogen and oxygen atoms in total. The molecule has 0 amide bonds. The zero-order valence-electron chi connectivity index (χ0n) is 14.2. The van der Waals surface area contributed by atoms with Crippen molar-refractivity contribution in [3.05, 3.63) is 30.0 Å². The van der Waals surface area contributed by atoms with E-state index >= 15 is 0 Å². The lowest BCUT2D eigenvalue weighted by atomic mass is 10.1. The predicted octanol–water partition coefficient (Wildman–Crippen LogP) is 3.15. The summed E-state index contributed by atoms with van der Waals surface area (Å²) in [4.78, 5) is 11.8. The predicted molar refractivity (Wildman–Crippen MR) is 90.1 cm³/mol. The Bertz CT molecular complexity index is 669. The minimum atomic E-state index is -0.629. The molecular weight excluding hydrogens is 294 g/mol. The van der Waals surface area contributed by atoms with Crippen LogP contribution in [-0.4, -0.2) is 35.7 Å². The molecule has 0 spiro atoms. The molecule has 2 aromatic rings. The Morgan fingerprint density at radius 2 is 2.13 bits per heavy atom. The highest BCUT2D eigenvalue weighted by Crippen LogP contribution is 2.29. The fraction of sp³-hybridized carbons (Fsp3) is 0.500. The number of carbonyl (C=O) groups excluding carboxylic acids is 1. The standard InChI is InChI=1S/C18H25NO4/c1-5-14(21)16-9-12-7-6-8-15(17(12)23-16)22-11-13(20)10-19-18(2,3)4/h6-9,13,19-20H,5,10-11H2,1-4H3. The third-order valence-electron chi connectivity index (χ3n) is 3.40. The number of aliphatic hydroxyl groups excluding tert-OH is 1. The van der Waals surface area contributed by atoms with Crippen molar-refractivity contribution in [3.63, 3.8) is 0 Å². The van der Waals surface area contributed by atoms with Crippen LogP contribution in [0.4, 0.5) is 0 Å². The molecule has 1 aromatic carbocycles. The monoisotopic (exact) mass is 319 g/mol. The van der Waals surface area contributed by atoms with Crippen LogP contribution >= 0.6 is 0 Å². The van der Waals surface area contributed by atoms with E-state index in [2.05, 4.69) is 5.32 Å². The summed E-state index contributed by atoms with van der Waals surface area (Å²) in [6, 6.07) is 7.21. The van der Waals surface area contributed by atoms with Crippen LogP contribution in [0.3, 0.4) is 0 Å². The summed E-state index contributed by atoms with van der Waals surface area (Å²) >= 11 is 0. The Hall–Kier alpha value is -1.85. The van der Waals surface area contributed by atoms with Crippen LogP contribution in [0.25, 0.3) is 11.0 Å². The number of carbonyl (C=O) groups is 1. The number of hydrogen-bond acceptors (Lipinski definition) is 5. The van der Waals surface area contributed by atoms with Gasteiger partial charge in [0.25, 0.3) is 0 Å². The van der Waals surface area contributed by atoms with E-state index in [0.717, 1.165) is 5.39 Å². The normalized spacial score (nSPS) is 13.3. The van der Waals surface area contributed by atoms with Crippen molar-refractivity contribution in [1.82, 2.24) is 5.32 Å². The average Bonchev–Trinajstić information content (AvgIpc) is 2.94. The van der Waals surface area contributed by atoms with Crippen LogP contribution in [0.5, 0.6) is 5.75 Å². The molecule has 0 fully saturated rings. The maximum absolute atomic E-state index is 11.8. The van der Waals surface area contributed by atoms with E-state index in [1.807, 2.05) is 32.9 Å². The van der Waals surface area contributed by atoms with Gasteiger partial charge in [-0.1, -0.05) is 19.1 Å². The summed E-state index contributed by atoms with van der Waals surface area (Å²) in [7, 11) is 0. The number of aliphatic hydroxyl groups is 1. The zero-order chi connectivity index (χ0) is 17.0. The number of ketones is 1. The molecule has 0 saturated carbocycles. The molecule has 0 bridgehead atoms. The number of β-amino-alcohol motifs (C(OH)–C–C–N with tert-alkyl or cyclic N) is 1. The number of benzene rings is 1. The van der Waals surface area contributed by atoms with Gasteiger partial charge in [0, 0.05) is 23.9 Å². The molecular formula is C18H25NO4. The smallest absolute Gasteiger partial charge is 0.197 e. The molecule has 1 heterocycles.